The van der Waals surface area contributed by atoms with Gasteiger partial charge in [-0.05, 0) is 30.4 Å². The first kappa shape index (κ1) is 25.0. The van der Waals surface area contributed by atoms with Crippen molar-refractivity contribution in [3.8, 4) is 5.75 Å². The Hall–Kier alpha value is -0.0200. The van der Waals surface area contributed by atoms with Gasteiger partial charge in [-0.15, -0.1) is 0 Å². The quantitative estimate of drug-likeness (QED) is 0.187. The molecule has 1 rings (SSSR count). The molecule has 0 saturated heterocycles. The highest BCUT2D eigenvalue weighted by atomic mass is 32.9. The topological polar surface area (TPSA) is 29.5 Å². The molecule has 5 heteroatoms. The van der Waals surface area contributed by atoms with Crippen molar-refractivity contribution in [2.45, 2.75) is 96.8 Å². The van der Waals surface area contributed by atoms with Crippen LogP contribution in [-0.4, -0.2) is 10.6 Å². The van der Waals surface area contributed by atoms with Gasteiger partial charge in [-0.1, -0.05) is 120 Å². The predicted octanol–water partition coefficient (Wildman–Crippen LogP) is 8.50. The van der Waals surface area contributed by atoms with Crippen molar-refractivity contribution in [1.82, 2.24) is 0 Å². The summed E-state index contributed by atoms with van der Waals surface area (Å²) < 4.78 is 5.57. The minimum absolute atomic E-state index is 0.664. The van der Waals surface area contributed by atoms with Crippen LogP contribution in [0.4, 0.5) is 0 Å². The highest BCUT2D eigenvalue weighted by Gasteiger charge is 2.15. The van der Waals surface area contributed by atoms with Crippen LogP contribution >= 0.6 is 17.1 Å². The standard InChI is InChI=1S/C22H39O2PS2/c1-2-3-4-5-6-7-8-9-10-11-12-13-14-18-21-27-25(23,26)24-22-19-16-15-17-20-22/h15-17,19-20H,2-14,18,21H2,1H3,(H,23,26). The summed E-state index contributed by atoms with van der Waals surface area (Å²) in [5.74, 6) is 1.55. The van der Waals surface area contributed by atoms with Gasteiger partial charge in [0.2, 0.25) is 0 Å². The van der Waals surface area contributed by atoms with Crippen molar-refractivity contribution in [2.75, 3.05) is 5.75 Å². The zero-order valence-corrected chi connectivity index (χ0v) is 19.6. The summed E-state index contributed by atoms with van der Waals surface area (Å²) in [6.07, 6.45) is 19.1. The molecule has 0 aromatic heterocycles. The van der Waals surface area contributed by atoms with Crippen LogP contribution in [0.5, 0.6) is 5.75 Å². The normalized spacial score (nSPS) is 13.4. The molecule has 1 aromatic carbocycles. The average molecular weight is 431 g/mol. The third-order valence-corrected chi connectivity index (χ3v) is 8.88. The van der Waals surface area contributed by atoms with Gasteiger partial charge in [-0.25, -0.2) is 0 Å². The second-order valence-corrected chi connectivity index (χ2v) is 13.5. The van der Waals surface area contributed by atoms with Crippen molar-refractivity contribution < 1.29 is 9.42 Å². The Morgan fingerprint density at radius 2 is 1.22 bits per heavy atom. The molecule has 0 spiro atoms. The second kappa shape index (κ2) is 16.9. The van der Waals surface area contributed by atoms with E-state index in [0.29, 0.717) is 5.75 Å². The van der Waals surface area contributed by atoms with E-state index in [4.69, 9.17) is 16.3 Å². The van der Waals surface area contributed by atoms with E-state index in [1.807, 2.05) is 30.3 Å². The van der Waals surface area contributed by atoms with Crippen LogP contribution in [0.2, 0.25) is 0 Å². The molecule has 1 atom stereocenters. The minimum atomic E-state index is -2.75. The molecule has 0 amide bonds. The van der Waals surface area contributed by atoms with Crippen molar-refractivity contribution in [3.63, 3.8) is 0 Å². The maximum Gasteiger partial charge on any atom is 0.294 e. The summed E-state index contributed by atoms with van der Waals surface area (Å²) in [4.78, 5) is 10.2. The van der Waals surface area contributed by atoms with Gasteiger partial charge in [0.25, 0.3) is 5.69 Å². The minimum Gasteiger partial charge on any atom is -0.436 e. The van der Waals surface area contributed by atoms with Crippen molar-refractivity contribution in [2.24, 2.45) is 0 Å². The Balaban J connectivity index is 1.85. The second-order valence-electron chi connectivity index (χ2n) is 7.30. The Bertz CT molecular complexity index is 496. The van der Waals surface area contributed by atoms with E-state index in [9.17, 15) is 4.89 Å². The van der Waals surface area contributed by atoms with E-state index in [1.54, 1.807) is 0 Å². The highest BCUT2D eigenvalue weighted by molar-refractivity contribution is 8.67. The molecule has 0 aliphatic heterocycles. The summed E-state index contributed by atoms with van der Waals surface area (Å²) in [7, 11) is 0. The lowest BCUT2D eigenvalue weighted by atomic mass is 10.0. The van der Waals surface area contributed by atoms with E-state index in [2.05, 4.69) is 6.92 Å². The van der Waals surface area contributed by atoms with Crippen LogP contribution in [0.1, 0.15) is 96.8 Å². The average Bonchev–Trinajstić information content (AvgIpc) is 2.65. The monoisotopic (exact) mass is 430 g/mol. The number of rotatable bonds is 18. The SMILES string of the molecule is CCCCCCCCCCCCCCCCSP(O)(=S)Oc1ccccc1. The zero-order chi connectivity index (χ0) is 19.6. The summed E-state index contributed by atoms with van der Waals surface area (Å²) >= 11 is 6.65. The molecule has 0 bridgehead atoms. The van der Waals surface area contributed by atoms with Gasteiger partial charge in [0.05, 0.1) is 0 Å². The molecule has 156 valence electrons. The van der Waals surface area contributed by atoms with Crippen molar-refractivity contribution in [1.29, 1.82) is 0 Å². The Morgan fingerprint density at radius 1 is 0.778 bits per heavy atom. The molecule has 0 radical (unpaired) electrons. The molecule has 1 aromatic rings. The lowest BCUT2D eigenvalue weighted by molar-refractivity contribution is 0.504. The van der Waals surface area contributed by atoms with E-state index in [1.165, 1.54) is 94.9 Å². The molecule has 2 nitrogen and oxygen atoms in total. The predicted molar refractivity (Wildman–Crippen MR) is 126 cm³/mol. The lowest BCUT2D eigenvalue weighted by Gasteiger charge is -2.15. The Kier molecular flexibility index (Phi) is 15.7. The largest absolute Gasteiger partial charge is 0.436 e. The third-order valence-electron chi connectivity index (χ3n) is 4.72. The Labute approximate surface area is 176 Å². The van der Waals surface area contributed by atoms with Crippen molar-refractivity contribution >= 4 is 28.9 Å². The molecule has 0 aliphatic carbocycles. The summed E-state index contributed by atoms with van der Waals surface area (Å²) in [6.45, 7) is 2.28. The van der Waals surface area contributed by atoms with Gasteiger partial charge in [-0.3, -0.25) is 0 Å². The van der Waals surface area contributed by atoms with E-state index >= 15 is 0 Å². The van der Waals surface area contributed by atoms with Crippen LogP contribution in [0.3, 0.4) is 0 Å². The molecule has 27 heavy (non-hydrogen) atoms. The first-order valence-corrected chi connectivity index (χ1v) is 15.1. The maximum absolute atomic E-state index is 10.2. The van der Waals surface area contributed by atoms with Crippen LogP contribution in [0.15, 0.2) is 30.3 Å². The zero-order valence-electron chi connectivity index (χ0n) is 17.1. The maximum atomic E-state index is 10.2. The third kappa shape index (κ3) is 15.6. The fourth-order valence-electron chi connectivity index (χ4n) is 3.12. The molecule has 0 fully saturated rings. The number of hydrogen-bond acceptors (Lipinski definition) is 3. The first-order valence-electron chi connectivity index (χ1n) is 10.9. The van der Waals surface area contributed by atoms with Crippen LogP contribution < -0.4 is 4.52 Å². The van der Waals surface area contributed by atoms with Gasteiger partial charge in [-0.2, -0.15) is 0 Å². The molecular formula is C22H39O2PS2. The molecule has 0 aliphatic rings. The lowest BCUT2D eigenvalue weighted by Crippen LogP contribution is -1.90. The highest BCUT2D eigenvalue weighted by Crippen LogP contribution is 2.55. The van der Waals surface area contributed by atoms with Crippen LogP contribution in [-0.2, 0) is 11.8 Å². The smallest absolute Gasteiger partial charge is 0.294 e. The summed E-state index contributed by atoms with van der Waals surface area (Å²) in [6, 6.07) is 9.38. The summed E-state index contributed by atoms with van der Waals surface area (Å²) in [5.41, 5.74) is -2.75. The number of hydrogen-bond donors (Lipinski definition) is 1. The molecule has 0 heterocycles. The van der Waals surface area contributed by atoms with E-state index in [0.717, 1.165) is 12.2 Å². The van der Waals surface area contributed by atoms with Crippen molar-refractivity contribution in [3.05, 3.63) is 30.3 Å². The molecular weight excluding hydrogens is 391 g/mol. The van der Waals surface area contributed by atoms with Gasteiger partial charge in [0.1, 0.15) is 5.75 Å². The van der Waals surface area contributed by atoms with Crippen LogP contribution in [0.25, 0.3) is 0 Å². The summed E-state index contributed by atoms with van der Waals surface area (Å²) in [5, 5.41) is 0. The Morgan fingerprint density at radius 3 is 1.70 bits per heavy atom. The number of benzene rings is 1. The molecule has 1 N–H and O–H groups in total. The number of unbranched alkanes of at least 4 members (excludes halogenated alkanes) is 13. The molecule has 1 unspecified atom stereocenters. The van der Waals surface area contributed by atoms with Gasteiger partial charge in [0.15, 0.2) is 0 Å². The van der Waals surface area contributed by atoms with Gasteiger partial charge >= 0.3 is 0 Å². The van der Waals surface area contributed by atoms with Gasteiger partial charge < -0.3 is 9.42 Å². The van der Waals surface area contributed by atoms with E-state index in [-0.39, 0.29) is 0 Å². The van der Waals surface area contributed by atoms with Crippen LogP contribution in [0, 0.1) is 0 Å². The van der Waals surface area contributed by atoms with E-state index < -0.39 is 5.69 Å². The molecule has 0 saturated carbocycles. The fraction of sp³-hybridized carbons (Fsp3) is 0.727. The van der Waals surface area contributed by atoms with Gasteiger partial charge in [0, 0.05) is 5.75 Å². The number of para-hydroxylation sites is 1. The fourth-order valence-corrected chi connectivity index (χ4v) is 6.55. The first-order chi connectivity index (χ1) is 13.1.